The van der Waals surface area contributed by atoms with Crippen LogP contribution in [0, 0.1) is 0 Å². The van der Waals surface area contributed by atoms with Crippen molar-refractivity contribution in [3.63, 3.8) is 0 Å². The zero-order valence-electron chi connectivity index (χ0n) is 16.3. The Bertz CT molecular complexity index is 1330. The average Bonchev–Trinajstić information content (AvgIpc) is 2.80. The van der Waals surface area contributed by atoms with E-state index in [-0.39, 0.29) is 5.75 Å². The summed E-state index contributed by atoms with van der Waals surface area (Å²) in [6.07, 6.45) is 2.00. The first-order valence-corrected chi connectivity index (χ1v) is 9.83. The zero-order valence-corrected chi connectivity index (χ0v) is 16.3. The average molecular weight is 388 g/mol. The second kappa shape index (κ2) is 7.37. The van der Waals surface area contributed by atoms with Gasteiger partial charge in [-0.15, -0.1) is 0 Å². The third-order valence-corrected chi connectivity index (χ3v) is 5.39. The lowest BCUT2D eigenvalue weighted by atomic mass is 9.82. The maximum Gasteiger partial charge on any atom is 0.124 e. The molecule has 144 valence electrons. The van der Waals surface area contributed by atoms with E-state index >= 15 is 0 Å². The van der Waals surface area contributed by atoms with E-state index in [4.69, 9.17) is 0 Å². The molecule has 0 bridgehead atoms. The summed E-state index contributed by atoms with van der Waals surface area (Å²) in [6, 6.07) is 29.7. The van der Waals surface area contributed by atoms with Crippen LogP contribution in [0.15, 0.2) is 109 Å². The molecule has 0 amide bonds. The van der Waals surface area contributed by atoms with Crippen LogP contribution in [0.2, 0.25) is 0 Å². The number of benzene rings is 4. The fourth-order valence-electron chi connectivity index (χ4n) is 3.91. The first kappa shape index (κ1) is 18.0. The van der Waals surface area contributed by atoms with Crippen molar-refractivity contribution in [3.8, 4) is 5.75 Å². The Morgan fingerprint density at radius 1 is 0.733 bits per heavy atom. The molecule has 0 unspecified atom stereocenters. The monoisotopic (exact) mass is 388 g/mol. The lowest BCUT2D eigenvalue weighted by Crippen LogP contribution is -2.11. The number of phenols is 1. The van der Waals surface area contributed by atoms with Crippen LogP contribution in [0.25, 0.3) is 21.9 Å². The van der Waals surface area contributed by atoms with Crippen LogP contribution in [-0.2, 0) is 0 Å². The Kier molecular flexibility index (Phi) is 4.41. The molecule has 0 aromatic heterocycles. The highest BCUT2D eigenvalue weighted by molar-refractivity contribution is 6.34. The lowest BCUT2D eigenvalue weighted by molar-refractivity contribution is 0.474. The van der Waals surface area contributed by atoms with E-state index in [0.29, 0.717) is 0 Å². The first-order chi connectivity index (χ1) is 14.7. The number of nitrogens with zero attached hydrogens (tertiary/aromatic N) is 1. The molecule has 0 atom stereocenters. The van der Waals surface area contributed by atoms with E-state index < -0.39 is 0 Å². The van der Waals surface area contributed by atoms with Gasteiger partial charge in [0, 0.05) is 11.1 Å². The van der Waals surface area contributed by atoms with Crippen molar-refractivity contribution in [1.82, 2.24) is 0 Å². The van der Waals surface area contributed by atoms with E-state index in [2.05, 4.69) is 29.2 Å². The quantitative estimate of drug-likeness (QED) is 0.395. The number of hydrogen-bond acceptors (Lipinski definition) is 3. The molecule has 0 fully saturated rings. The summed E-state index contributed by atoms with van der Waals surface area (Å²) in [5.41, 5.74) is 9.39. The standard InChI is InChI=1S/C27H20N2O/c1-18-21-12-7-8-14-23(21)24(17-25(18)29-28-20-10-3-2-4-11-20)27-22-13-6-5-9-19(22)15-16-26(27)30/h2-17,28,30H,1H2/b29-25+. The van der Waals surface area contributed by atoms with Gasteiger partial charge in [-0.05, 0) is 51.7 Å². The van der Waals surface area contributed by atoms with Gasteiger partial charge in [0.15, 0.2) is 0 Å². The number of hydrazone groups is 1. The zero-order chi connectivity index (χ0) is 20.5. The maximum atomic E-state index is 10.8. The van der Waals surface area contributed by atoms with Crippen molar-refractivity contribution in [1.29, 1.82) is 0 Å². The molecule has 0 heterocycles. The molecule has 3 nitrogen and oxygen atoms in total. The third-order valence-electron chi connectivity index (χ3n) is 5.39. The molecule has 0 spiro atoms. The first-order valence-electron chi connectivity index (χ1n) is 9.83. The summed E-state index contributed by atoms with van der Waals surface area (Å²) in [7, 11) is 0. The van der Waals surface area contributed by atoms with Gasteiger partial charge < -0.3 is 5.11 Å². The molecule has 0 aliphatic heterocycles. The molecule has 0 saturated carbocycles. The van der Waals surface area contributed by atoms with E-state index in [1.807, 2.05) is 78.9 Å². The van der Waals surface area contributed by atoms with Crippen LogP contribution in [0.1, 0.15) is 16.7 Å². The Hall–Kier alpha value is -4.11. The summed E-state index contributed by atoms with van der Waals surface area (Å²) in [5, 5.41) is 17.5. The minimum Gasteiger partial charge on any atom is -0.507 e. The number of nitrogens with one attached hydrogen (secondary N) is 1. The van der Waals surface area contributed by atoms with Gasteiger partial charge in [-0.3, -0.25) is 5.43 Å². The molecule has 1 aliphatic carbocycles. The smallest absolute Gasteiger partial charge is 0.124 e. The molecule has 0 saturated heterocycles. The topological polar surface area (TPSA) is 44.6 Å². The fourth-order valence-corrected chi connectivity index (χ4v) is 3.91. The van der Waals surface area contributed by atoms with Crippen LogP contribution >= 0.6 is 0 Å². The number of anilines is 1. The second-order valence-electron chi connectivity index (χ2n) is 7.24. The second-order valence-corrected chi connectivity index (χ2v) is 7.24. The van der Waals surface area contributed by atoms with Gasteiger partial charge in [0.25, 0.3) is 0 Å². The van der Waals surface area contributed by atoms with Gasteiger partial charge >= 0.3 is 0 Å². The van der Waals surface area contributed by atoms with Crippen molar-refractivity contribution in [2.45, 2.75) is 0 Å². The van der Waals surface area contributed by atoms with Crippen LogP contribution in [0.4, 0.5) is 5.69 Å². The Morgan fingerprint density at radius 3 is 2.27 bits per heavy atom. The van der Waals surface area contributed by atoms with Gasteiger partial charge in [-0.25, -0.2) is 0 Å². The number of rotatable bonds is 3. The highest BCUT2D eigenvalue weighted by Gasteiger charge is 2.23. The molecule has 3 heteroatoms. The number of allylic oxidation sites excluding steroid dienone is 2. The SMILES string of the molecule is C=C1/C(=N/Nc2ccccc2)C=C(c2c(O)ccc3ccccc23)c2ccccc21. The van der Waals surface area contributed by atoms with Gasteiger partial charge in [0.05, 0.1) is 11.4 Å². The molecule has 4 aromatic rings. The summed E-state index contributed by atoms with van der Waals surface area (Å²) in [4.78, 5) is 0. The molecule has 0 radical (unpaired) electrons. The molecule has 1 aliphatic rings. The van der Waals surface area contributed by atoms with Crippen molar-refractivity contribution in [3.05, 3.63) is 120 Å². The van der Waals surface area contributed by atoms with Gasteiger partial charge in [0.2, 0.25) is 0 Å². The van der Waals surface area contributed by atoms with Crippen LogP contribution < -0.4 is 5.43 Å². The molecular weight excluding hydrogens is 368 g/mol. The minimum absolute atomic E-state index is 0.248. The predicted molar refractivity (Wildman–Crippen MR) is 126 cm³/mol. The molecule has 30 heavy (non-hydrogen) atoms. The Morgan fingerprint density at radius 2 is 1.43 bits per heavy atom. The Balaban J connectivity index is 1.72. The number of fused-ring (bicyclic) bond motifs is 2. The molecule has 4 aromatic carbocycles. The molecular formula is C27H20N2O. The normalized spacial score (nSPS) is 14.5. The van der Waals surface area contributed by atoms with Crippen LogP contribution in [-0.4, -0.2) is 10.8 Å². The largest absolute Gasteiger partial charge is 0.507 e. The predicted octanol–water partition coefficient (Wildman–Crippen LogP) is 6.47. The minimum atomic E-state index is 0.248. The Labute approximate surface area is 175 Å². The summed E-state index contributed by atoms with van der Waals surface area (Å²) in [6.45, 7) is 4.28. The van der Waals surface area contributed by atoms with Crippen molar-refractivity contribution < 1.29 is 5.11 Å². The molecule has 5 rings (SSSR count). The summed E-state index contributed by atoms with van der Waals surface area (Å²) < 4.78 is 0. The van der Waals surface area contributed by atoms with Crippen LogP contribution in [0.3, 0.4) is 0 Å². The number of hydrogen-bond donors (Lipinski definition) is 2. The summed E-state index contributed by atoms with van der Waals surface area (Å²) >= 11 is 0. The van der Waals surface area contributed by atoms with Crippen LogP contribution in [0.5, 0.6) is 5.75 Å². The van der Waals surface area contributed by atoms with E-state index in [1.165, 1.54) is 0 Å². The van der Waals surface area contributed by atoms with Gasteiger partial charge in [0.1, 0.15) is 5.75 Å². The van der Waals surface area contributed by atoms with E-state index in [9.17, 15) is 5.11 Å². The lowest BCUT2D eigenvalue weighted by Gasteiger charge is -2.23. The van der Waals surface area contributed by atoms with Gasteiger partial charge in [-0.2, -0.15) is 5.10 Å². The number of para-hydroxylation sites is 1. The maximum absolute atomic E-state index is 10.8. The highest BCUT2D eigenvalue weighted by Crippen LogP contribution is 2.41. The highest BCUT2D eigenvalue weighted by atomic mass is 16.3. The van der Waals surface area contributed by atoms with Gasteiger partial charge in [-0.1, -0.05) is 79.4 Å². The van der Waals surface area contributed by atoms with Crippen molar-refractivity contribution >= 4 is 33.3 Å². The van der Waals surface area contributed by atoms with Crippen molar-refractivity contribution in [2.24, 2.45) is 5.10 Å². The number of phenolic OH excluding ortho intramolecular Hbond substituents is 1. The summed E-state index contributed by atoms with van der Waals surface area (Å²) in [5.74, 6) is 0.248. The number of aromatic hydroxyl groups is 1. The fraction of sp³-hybridized carbons (Fsp3) is 0. The van der Waals surface area contributed by atoms with Crippen molar-refractivity contribution in [2.75, 3.05) is 5.43 Å². The van der Waals surface area contributed by atoms with E-state index in [0.717, 1.165) is 50.0 Å². The van der Waals surface area contributed by atoms with E-state index in [1.54, 1.807) is 6.07 Å². The molecule has 2 N–H and O–H groups in total. The third kappa shape index (κ3) is 3.07.